The Morgan fingerprint density at radius 1 is 0.882 bits per heavy atom. The van der Waals surface area contributed by atoms with Crippen molar-refractivity contribution < 1.29 is 4.79 Å². The summed E-state index contributed by atoms with van der Waals surface area (Å²) in [4.78, 5) is 10.7. The summed E-state index contributed by atoms with van der Waals surface area (Å²) in [5, 5.41) is 0. The van der Waals surface area contributed by atoms with Crippen LogP contribution in [-0.2, 0) is 0 Å². The van der Waals surface area contributed by atoms with Gasteiger partial charge in [-0.25, -0.2) is 0 Å². The topological polar surface area (TPSA) is 17.1 Å². The zero-order chi connectivity index (χ0) is 12.1. The minimum absolute atomic E-state index is 0.752. The highest BCUT2D eigenvalue weighted by molar-refractivity contribution is 5.79. The van der Waals surface area contributed by atoms with E-state index in [-0.39, 0.29) is 0 Å². The first-order valence-electron chi connectivity index (χ1n) is 5.58. The standard InChI is InChI=1S/C16H14O/c1-13-11-15(9-10-16(13)12-17)8-7-14-5-3-2-4-6-14/h2-12H,1H3/b8-7+. The molecule has 0 saturated heterocycles. The summed E-state index contributed by atoms with van der Waals surface area (Å²) in [5.74, 6) is 0. The molecule has 0 amide bonds. The van der Waals surface area contributed by atoms with Crippen LogP contribution in [0.2, 0.25) is 0 Å². The van der Waals surface area contributed by atoms with Gasteiger partial charge in [-0.15, -0.1) is 0 Å². The quantitative estimate of drug-likeness (QED) is 0.567. The van der Waals surface area contributed by atoms with Crippen molar-refractivity contribution in [2.45, 2.75) is 6.92 Å². The van der Waals surface area contributed by atoms with Gasteiger partial charge in [0.25, 0.3) is 0 Å². The summed E-state index contributed by atoms with van der Waals surface area (Å²) in [5.41, 5.74) is 4.04. The fourth-order valence-corrected chi connectivity index (χ4v) is 1.69. The Morgan fingerprint density at radius 3 is 2.24 bits per heavy atom. The third-order valence-electron chi connectivity index (χ3n) is 2.69. The van der Waals surface area contributed by atoms with Gasteiger partial charge >= 0.3 is 0 Å². The van der Waals surface area contributed by atoms with Crippen LogP contribution in [0.15, 0.2) is 48.5 Å². The van der Waals surface area contributed by atoms with Crippen molar-refractivity contribution in [3.05, 3.63) is 70.8 Å². The predicted molar refractivity (Wildman–Crippen MR) is 71.9 cm³/mol. The summed E-state index contributed by atoms with van der Waals surface area (Å²) in [6.45, 7) is 1.95. The average Bonchev–Trinajstić information content (AvgIpc) is 2.38. The van der Waals surface area contributed by atoms with Crippen molar-refractivity contribution in [3.63, 3.8) is 0 Å². The monoisotopic (exact) mass is 222 g/mol. The minimum Gasteiger partial charge on any atom is -0.298 e. The number of carbonyl (C=O) groups is 1. The van der Waals surface area contributed by atoms with E-state index in [0.717, 1.165) is 23.0 Å². The zero-order valence-corrected chi connectivity index (χ0v) is 9.76. The van der Waals surface area contributed by atoms with Gasteiger partial charge in [-0.05, 0) is 23.6 Å². The van der Waals surface area contributed by atoms with Crippen LogP contribution in [0, 0.1) is 6.92 Å². The summed E-state index contributed by atoms with van der Waals surface area (Å²) >= 11 is 0. The van der Waals surface area contributed by atoms with Gasteiger partial charge < -0.3 is 0 Å². The molecule has 0 spiro atoms. The molecule has 0 heterocycles. The van der Waals surface area contributed by atoms with Gasteiger partial charge in [-0.1, -0.05) is 60.7 Å². The highest BCUT2D eigenvalue weighted by Crippen LogP contribution is 2.12. The zero-order valence-electron chi connectivity index (χ0n) is 9.76. The molecule has 0 atom stereocenters. The van der Waals surface area contributed by atoms with E-state index in [2.05, 4.69) is 24.3 Å². The molecule has 0 bridgehead atoms. The molecule has 0 fully saturated rings. The van der Waals surface area contributed by atoms with E-state index in [1.807, 2.05) is 43.3 Å². The van der Waals surface area contributed by atoms with Gasteiger partial charge in [0, 0.05) is 5.56 Å². The fourth-order valence-electron chi connectivity index (χ4n) is 1.69. The maximum Gasteiger partial charge on any atom is 0.150 e. The van der Waals surface area contributed by atoms with Crippen molar-refractivity contribution in [3.8, 4) is 0 Å². The summed E-state index contributed by atoms with van der Waals surface area (Å²) in [6, 6.07) is 16.0. The van der Waals surface area contributed by atoms with Gasteiger partial charge in [0.2, 0.25) is 0 Å². The molecule has 2 rings (SSSR count). The molecule has 2 aromatic rings. The molecular formula is C16H14O. The van der Waals surface area contributed by atoms with E-state index in [0.29, 0.717) is 0 Å². The van der Waals surface area contributed by atoms with Crippen LogP contribution >= 0.6 is 0 Å². The lowest BCUT2D eigenvalue weighted by Gasteiger charge is -2.00. The first-order valence-corrected chi connectivity index (χ1v) is 5.58. The molecule has 0 aromatic heterocycles. The van der Waals surface area contributed by atoms with Gasteiger partial charge in [0.1, 0.15) is 6.29 Å². The van der Waals surface area contributed by atoms with Crippen LogP contribution in [-0.4, -0.2) is 6.29 Å². The van der Waals surface area contributed by atoms with Gasteiger partial charge in [0.05, 0.1) is 0 Å². The third-order valence-corrected chi connectivity index (χ3v) is 2.69. The molecule has 0 aliphatic heterocycles. The summed E-state index contributed by atoms with van der Waals surface area (Å²) in [6.07, 6.45) is 5.01. The third kappa shape index (κ3) is 2.91. The van der Waals surface area contributed by atoms with Crippen LogP contribution in [0.3, 0.4) is 0 Å². The van der Waals surface area contributed by atoms with Crippen LogP contribution in [0.5, 0.6) is 0 Å². The molecule has 0 aliphatic rings. The molecular weight excluding hydrogens is 208 g/mol. The first-order chi connectivity index (χ1) is 8.29. The molecule has 0 aliphatic carbocycles. The molecule has 84 valence electrons. The Morgan fingerprint density at radius 2 is 1.59 bits per heavy atom. The van der Waals surface area contributed by atoms with Crippen LogP contribution in [0.4, 0.5) is 0 Å². The number of benzene rings is 2. The molecule has 0 radical (unpaired) electrons. The number of aryl methyl sites for hydroxylation is 1. The molecule has 17 heavy (non-hydrogen) atoms. The second-order valence-corrected chi connectivity index (χ2v) is 3.98. The maximum atomic E-state index is 10.7. The van der Waals surface area contributed by atoms with Crippen molar-refractivity contribution in [2.24, 2.45) is 0 Å². The smallest absolute Gasteiger partial charge is 0.150 e. The Bertz CT molecular complexity index is 539. The van der Waals surface area contributed by atoms with Crippen molar-refractivity contribution in [2.75, 3.05) is 0 Å². The molecule has 1 heteroatoms. The predicted octanol–water partition coefficient (Wildman–Crippen LogP) is 3.98. The molecule has 2 aromatic carbocycles. The minimum atomic E-state index is 0.752. The van der Waals surface area contributed by atoms with E-state index < -0.39 is 0 Å². The Kier molecular flexibility index (Phi) is 3.51. The van der Waals surface area contributed by atoms with Gasteiger partial charge in [-0.2, -0.15) is 0 Å². The second kappa shape index (κ2) is 5.26. The number of rotatable bonds is 3. The average molecular weight is 222 g/mol. The Hall–Kier alpha value is -2.15. The van der Waals surface area contributed by atoms with Gasteiger partial charge in [0.15, 0.2) is 0 Å². The molecule has 0 unspecified atom stereocenters. The Labute approximate surface area is 101 Å². The maximum absolute atomic E-state index is 10.7. The van der Waals surface area contributed by atoms with Crippen molar-refractivity contribution >= 4 is 18.4 Å². The number of aldehydes is 1. The van der Waals surface area contributed by atoms with Crippen molar-refractivity contribution in [1.29, 1.82) is 0 Å². The lowest BCUT2D eigenvalue weighted by Crippen LogP contribution is -1.86. The van der Waals surface area contributed by atoms with E-state index >= 15 is 0 Å². The van der Waals surface area contributed by atoms with E-state index in [1.165, 1.54) is 5.56 Å². The highest BCUT2D eigenvalue weighted by atomic mass is 16.1. The van der Waals surface area contributed by atoms with Crippen molar-refractivity contribution in [1.82, 2.24) is 0 Å². The number of hydrogen-bond donors (Lipinski definition) is 0. The van der Waals surface area contributed by atoms with E-state index in [1.54, 1.807) is 0 Å². The van der Waals surface area contributed by atoms with E-state index in [9.17, 15) is 4.79 Å². The Balaban J connectivity index is 2.22. The molecule has 1 nitrogen and oxygen atoms in total. The number of hydrogen-bond acceptors (Lipinski definition) is 1. The normalized spacial score (nSPS) is 10.6. The summed E-state index contributed by atoms with van der Waals surface area (Å²) in [7, 11) is 0. The largest absolute Gasteiger partial charge is 0.298 e. The van der Waals surface area contributed by atoms with Crippen LogP contribution < -0.4 is 0 Å². The van der Waals surface area contributed by atoms with Crippen LogP contribution in [0.1, 0.15) is 27.0 Å². The second-order valence-electron chi connectivity index (χ2n) is 3.98. The highest BCUT2D eigenvalue weighted by Gasteiger charge is 1.96. The van der Waals surface area contributed by atoms with E-state index in [4.69, 9.17) is 0 Å². The number of carbonyl (C=O) groups excluding carboxylic acids is 1. The SMILES string of the molecule is Cc1cc(/C=C/c2ccccc2)ccc1C=O. The molecule has 0 N–H and O–H groups in total. The molecule has 0 saturated carbocycles. The summed E-state index contributed by atoms with van der Waals surface area (Å²) < 4.78 is 0. The van der Waals surface area contributed by atoms with Gasteiger partial charge in [-0.3, -0.25) is 4.79 Å². The fraction of sp³-hybridized carbons (Fsp3) is 0.0625. The lowest BCUT2D eigenvalue weighted by molar-refractivity contribution is 0.112. The first kappa shape index (κ1) is 11.3. The van der Waals surface area contributed by atoms with Crippen LogP contribution in [0.25, 0.3) is 12.2 Å². The lowest BCUT2D eigenvalue weighted by atomic mass is 10.1.